The number of carboxylic acid groups (broad SMARTS) is 1. The summed E-state index contributed by atoms with van der Waals surface area (Å²) in [5.74, 6) is -1.78. The van der Waals surface area contributed by atoms with E-state index in [2.05, 4.69) is 0 Å². The maximum absolute atomic E-state index is 15.0. The lowest BCUT2D eigenvalue weighted by Gasteiger charge is -2.32. The summed E-state index contributed by atoms with van der Waals surface area (Å²) in [6.45, 7) is 3.84. The number of pyridine rings is 1. The molecule has 0 atom stereocenters. The Bertz CT molecular complexity index is 1050. The van der Waals surface area contributed by atoms with Crippen molar-refractivity contribution in [3.8, 4) is 0 Å². The fraction of sp³-hybridized carbons (Fsp3) is 0.429. The van der Waals surface area contributed by atoms with Gasteiger partial charge in [-0.15, -0.1) is 0 Å². The number of fused-ring (bicyclic) bond motifs is 1. The maximum atomic E-state index is 15.0. The summed E-state index contributed by atoms with van der Waals surface area (Å²) in [6.07, 6.45) is 5.14. The minimum atomic E-state index is -1.28. The first-order chi connectivity index (χ1) is 13.4. The van der Waals surface area contributed by atoms with Crippen molar-refractivity contribution < 1.29 is 14.3 Å². The van der Waals surface area contributed by atoms with Crippen molar-refractivity contribution in [3.63, 3.8) is 0 Å². The van der Waals surface area contributed by atoms with Gasteiger partial charge in [-0.1, -0.05) is 11.1 Å². The summed E-state index contributed by atoms with van der Waals surface area (Å²) in [6, 6.07) is 3.07. The van der Waals surface area contributed by atoms with E-state index >= 15 is 0 Å². The zero-order valence-electron chi connectivity index (χ0n) is 15.9. The van der Waals surface area contributed by atoms with Gasteiger partial charge in [0.1, 0.15) is 11.4 Å². The summed E-state index contributed by atoms with van der Waals surface area (Å²) < 4.78 is 16.8. The van der Waals surface area contributed by atoms with Crippen LogP contribution in [0.15, 0.2) is 34.3 Å². The second-order valence-electron chi connectivity index (χ2n) is 7.75. The van der Waals surface area contributed by atoms with Crippen LogP contribution in [0, 0.1) is 5.82 Å². The molecule has 1 saturated heterocycles. The Balaban J connectivity index is 1.86. The van der Waals surface area contributed by atoms with Gasteiger partial charge in [-0.3, -0.25) is 4.79 Å². The van der Waals surface area contributed by atoms with Crippen LogP contribution in [0.25, 0.3) is 10.9 Å². The largest absolute Gasteiger partial charge is 0.477 e. The highest BCUT2D eigenvalue weighted by atomic mass is 19.1. The van der Waals surface area contributed by atoms with Crippen LogP contribution in [0.2, 0.25) is 0 Å². The minimum absolute atomic E-state index is 0.124. The summed E-state index contributed by atoms with van der Waals surface area (Å²) in [5, 5.41) is 9.48. The SMILES string of the molecule is C/C(CN)=C1\CCCN(c2cc3c(cc2F)c(=O)c(C(=O)O)cn3C2CC2)C1. The third-order valence-corrected chi connectivity index (χ3v) is 5.81. The number of nitrogens with zero attached hydrogens (tertiary/aromatic N) is 2. The molecule has 1 aromatic heterocycles. The molecule has 1 aliphatic carbocycles. The first-order valence-electron chi connectivity index (χ1n) is 9.65. The number of nitrogens with two attached hydrogens (primary N) is 1. The molecule has 4 rings (SSSR count). The molecule has 2 fully saturated rings. The number of hydrogen-bond acceptors (Lipinski definition) is 4. The molecule has 0 amide bonds. The lowest BCUT2D eigenvalue weighted by Crippen LogP contribution is -2.33. The zero-order valence-corrected chi connectivity index (χ0v) is 15.9. The van der Waals surface area contributed by atoms with Crippen LogP contribution in [-0.4, -0.2) is 35.3 Å². The third kappa shape index (κ3) is 3.20. The van der Waals surface area contributed by atoms with Gasteiger partial charge in [0.2, 0.25) is 5.43 Å². The Morgan fingerprint density at radius 1 is 1.36 bits per heavy atom. The van der Waals surface area contributed by atoms with Crippen LogP contribution in [-0.2, 0) is 0 Å². The second kappa shape index (κ2) is 7.05. The fourth-order valence-corrected chi connectivity index (χ4v) is 3.98. The molecule has 1 aromatic carbocycles. The molecule has 7 heteroatoms. The molecule has 1 saturated carbocycles. The van der Waals surface area contributed by atoms with E-state index in [1.807, 2.05) is 16.4 Å². The van der Waals surface area contributed by atoms with Crippen molar-refractivity contribution in [2.45, 2.75) is 38.6 Å². The molecule has 0 radical (unpaired) electrons. The number of carbonyl (C=O) groups is 1. The van der Waals surface area contributed by atoms with Gasteiger partial charge in [-0.2, -0.15) is 0 Å². The van der Waals surface area contributed by atoms with Gasteiger partial charge in [0, 0.05) is 37.3 Å². The summed E-state index contributed by atoms with van der Waals surface area (Å²) in [4.78, 5) is 26.0. The highest BCUT2D eigenvalue weighted by molar-refractivity contribution is 5.93. The Kier molecular flexibility index (Phi) is 4.71. The van der Waals surface area contributed by atoms with Gasteiger partial charge in [-0.25, -0.2) is 9.18 Å². The predicted molar refractivity (Wildman–Crippen MR) is 107 cm³/mol. The van der Waals surface area contributed by atoms with Crippen molar-refractivity contribution in [1.82, 2.24) is 4.57 Å². The number of carboxylic acids is 1. The van der Waals surface area contributed by atoms with E-state index in [-0.39, 0.29) is 17.0 Å². The summed E-state index contributed by atoms with van der Waals surface area (Å²) in [5.41, 5.74) is 8.23. The molecule has 0 bridgehead atoms. The van der Waals surface area contributed by atoms with Crippen molar-refractivity contribution in [1.29, 1.82) is 0 Å². The number of benzene rings is 1. The van der Waals surface area contributed by atoms with Crippen molar-refractivity contribution in [3.05, 3.63) is 51.1 Å². The molecule has 2 aliphatic rings. The topological polar surface area (TPSA) is 88.6 Å². The minimum Gasteiger partial charge on any atom is -0.477 e. The van der Waals surface area contributed by atoms with Crippen LogP contribution in [0.4, 0.5) is 10.1 Å². The standard InChI is InChI=1S/C21H24FN3O3/c1-12(9-23)13-3-2-6-24(10-13)19-8-18-15(7-17(19)22)20(26)16(21(27)28)11-25(18)14-4-5-14/h7-8,11,14H,2-6,9-10,23H2,1H3,(H,27,28)/b13-12-. The molecule has 0 unspecified atom stereocenters. The summed E-state index contributed by atoms with van der Waals surface area (Å²) >= 11 is 0. The Labute approximate surface area is 162 Å². The first-order valence-corrected chi connectivity index (χ1v) is 9.65. The number of aromatic nitrogens is 1. The normalized spacial score (nSPS) is 19.2. The van der Waals surface area contributed by atoms with E-state index in [1.165, 1.54) is 17.8 Å². The monoisotopic (exact) mass is 385 g/mol. The van der Waals surface area contributed by atoms with Crippen molar-refractivity contribution in [2.24, 2.45) is 5.73 Å². The molecule has 2 heterocycles. The lowest BCUT2D eigenvalue weighted by atomic mass is 9.98. The van der Waals surface area contributed by atoms with E-state index in [0.29, 0.717) is 24.3 Å². The average molecular weight is 385 g/mol. The van der Waals surface area contributed by atoms with E-state index in [4.69, 9.17) is 5.73 Å². The van der Waals surface area contributed by atoms with Crippen molar-refractivity contribution in [2.75, 3.05) is 24.5 Å². The number of piperidine rings is 1. The number of hydrogen-bond donors (Lipinski definition) is 2. The average Bonchev–Trinajstić information content (AvgIpc) is 3.52. The zero-order chi connectivity index (χ0) is 20.0. The van der Waals surface area contributed by atoms with Crippen LogP contribution in [0.5, 0.6) is 0 Å². The number of anilines is 1. The molecular formula is C21H24FN3O3. The Morgan fingerprint density at radius 2 is 2.11 bits per heavy atom. The molecule has 28 heavy (non-hydrogen) atoms. The van der Waals surface area contributed by atoms with Crippen LogP contribution in [0.1, 0.15) is 49.0 Å². The highest BCUT2D eigenvalue weighted by Crippen LogP contribution is 2.38. The lowest BCUT2D eigenvalue weighted by molar-refractivity contribution is 0.0695. The molecular weight excluding hydrogens is 361 g/mol. The first kappa shape index (κ1) is 18.7. The van der Waals surface area contributed by atoms with Crippen molar-refractivity contribution >= 4 is 22.6 Å². The maximum Gasteiger partial charge on any atom is 0.341 e. The molecule has 6 nitrogen and oxygen atoms in total. The van der Waals surface area contributed by atoms with Gasteiger partial charge in [0.05, 0.1) is 11.2 Å². The van der Waals surface area contributed by atoms with Gasteiger partial charge in [0.25, 0.3) is 0 Å². The molecule has 3 N–H and O–H groups in total. The van der Waals surface area contributed by atoms with E-state index in [1.54, 1.807) is 6.07 Å². The van der Waals surface area contributed by atoms with E-state index in [9.17, 15) is 19.1 Å². The molecule has 148 valence electrons. The van der Waals surface area contributed by atoms with Gasteiger partial charge in [0.15, 0.2) is 0 Å². The number of rotatable bonds is 4. The predicted octanol–water partition coefficient (Wildman–Crippen LogP) is 3.05. The van der Waals surface area contributed by atoms with Crippen LogP contribution < -0.4 is 16.1 Å². The second-order valence-corrected chi connectivity index (χ2v) is 7.75. The number of aromatic carboxylic acids is 1. The van der Waals surface area contributed by atoms with Gasteiger partial charge < -0.3 is 20.3 Å². The molecule has 2 aromatic rings. The van der Waals surface area contributed by atoms with Crippen LogP contribution in [0.3, 0.4) is 0 Å². The molecule has 0 spiro atoms. The Morgan fingerprint density at radius 3 is 2.75 bits per heavy atom. The quantitative estimate of drug-likeness (QED) is 0.790. The van der Waals surface area contributed by atoms with E-state index < -0.39 is 17.2 Å². The fourth-order valence-electron chi connectivity index (χ4n) is 3.98. The van der Waals surface area contributed by atoms with E-state index in [0.717, 1.165) is 37.8 Å². The van der Waals surface area contributed by atoms with Crippen LogP contribution >= 0.6 is 0 Å². The Hall–Kier alpha value is -2.67. The third-order valence-electron chi connectivity index (χ3n) is 5.81. The van der Waals surface area contributed by atoms with Gasteiger partial charge >= 0.3 is 5.97 Å². The molecule has 1 aliphatic heterocycles. The van der Waals surface area contributed by atoms with Gasteiger partial charge in [-0.05, 0) is 44.7 Å². The smallest absolute Gasteiger partial charge is 0.341 e. The summed E-state index contributed by atoms with van der Waals surface area (Å²) in [7, 11) is 0. The number of halogens is 1. The highest BCUT2D eigenvalue weighted by Gasteiger charge is 2.28.